The SMILES string of the molecule is BrCc1cccnc1N1CCC(c2ccccc2)C1. The van der Waals surface area contributed by atoms with E-state index in [0.29, 0.717) is 5.92 Å². The molecule has 0 saturated carbocycles. The normalized spacial score (nSPS) is 18.8. The van der Waals surface area contributed by atoms with Crippen molar-refractivity contribution in [1.29, 1.82) is 0 Å². The van der Waals surface area contributed by atoms with Gasteiger partial charge in [-0.25, -0.2) is 4.98 Å². The summed E-state index contributed by atoms with van der Waals surface area (Å²) in [4.78, 5) is 6.97. The molecule has 2 nitrogen and oxygen atoms in total. The third-order valence-electron chi connectivity index (χ3n) is 3.77. The van der Waals surface area contributed by atoms with Gasteiger partial charge < -0.3 is 4.90 Å². The number of pyridine rings is 1. The van der Waals surface area contributed by atoms with Gasteiger partial charge in [-0.05, 0) is 18.1 Å². The highest BCUT2D eigenvalue weighted by atomic mass is 79.9. The van der Waals surface area contributed by atoms with Gasteiger partial charge in [0.1, 0.15) is 5.82 Å². The maximum Gasteiger partial charge on any atom is 0.132 e. The topological polar surface area (TPSA) is 16.1 Å². The van der Waals surface area contributed by atoms with Crippen molar-refractivity contribution in [2.45, 2.75) is 17.7 Å². The standard InChI is InChI=1S/C16H17BrN2/c17-11-14-7-4-9-18-16(14)19-10-8-15(12-19)13-5-2-1-3-6-13/h1-7,9,15H,8,10-12H2. The van der Waals surface area contributed by atoms with E-state index in [1.807, 2.05) is 12.3 Å². The van der Waals surface area contributed by atoms with Crippen LogP contribution in [0.5, 0.6) is 0 Å². The summed E-state index contributed by atoms with van der Waals surface area (Å²) < 4.78 is 0. The van der Waals surface area contributed by atoms with Crippen molar-refractivity contribution in [3.63, 3.8) is 0 Å². The Morgan fingerprint density at radius 3 is 2.79 bits per heavy atom. The van der Waals surface area contributed by atoms with Crippen LogP contribution in [0.1, 0.15) is 23.5 Å². The molecule has 3 rings (SSSR count). The van der Waals surface area contributed by atoms with Crippen LogP contribution in [0.2, 0.25) is 0 Å². The molecule has 3 heteroatoms. The van der Waals surface area contributed by atoms with E-state index < -0.39 is 0 Å². The largest absolute Gasteiger partial charge is 0.356 e. The third-order valence-corrected chi connectivity index (χ3v) is 4.37. The lowest BCUT2D eigenvalue weighted by Gasteiger charge is -2.20. The Morgan fingerprint density at radius 2 is 2.00 bits per heavy atom. The Hall–Kier alpha value is -1.35. The number of nitrogens with zero attached hydrogens (tertiary/aromatic N) is 2. The van der Waals surface area contributed by atoms with Crippen LogP contribution < -0.4 is 4.90 Å². The number of aromatic nitrogens is 1. The lowest BCUT2D eigenvalue weighted by Crippen LogP contribution is -2.21. The molecule has 1 fully saturated rings. The maximum absolute atomic E-state index is 4.56. The van der Waals surface area contributed by atoms with Gasteiger partial charge >= 0.3 is 0 Å². The molecule has 1 atom stereocenters. The molecule has 0 aliphatic carbocycles. The first-order valence-corrected chi connectivity index (χ1v) is 7.80. The fraction of sp³-hybridized carbons (Fsp3) is 0.312. The number of hydrogen-bond donors (Lipinski definition) is 0. The minimum absolute atomic E-state index is 0.631. The molecule has 2 heterocycles. The maximum atomic E-state index is 4.56. The molecule has 0 bridgehead atoms. The first-order chi connectivity index (χ1) is 9.38. The van der Waals surface area contributed by atoms with Crippen molar-refractivity contribution in [2.24, 2.45) is 0 Å². The molecular weight excluding hydrogens is 300 g/mol. The molecule has 1 aromatic heterocycles. The quantitative estimate of drug-likeness (QED) is 0.796. The monoisotopic (exact) mass is 316 g/mol. The van der Waals surface area contributed by atoms with E-state index in [1.165, 1.54) is 17.5 Å². The van der Waals surface area contributed by atoms with Crippen molar-refractivity contribution in [1.82, 2.24) is 4.98 Å². The molecule has 0 spiro atoms. The average molecular weight is 317 g/mol. The number of rotatable bonds is 3. The summed E-state index contributed by atoms with van der Waals surface area (Å²) in [6.07, 6.45) is 3.10. The smallest absolute Gasteiger partial charge is 0.132 e. The highest BCUT2D eigenvalue weighted by Gasteiger charge is 2.25. The summed E-state index contributed by atoms with van der Waals surface area (Å²) in [5.41, 5.74) is 2.72. The van der Waals surface area contributed by atoms with E-state index >= 15 is 0 Å². The summed E-state index contributed by atoms with van der Waals surface area (Å²) in [6.45, 7) is 2.16. The molecule has 2 aromatic rings. The van der Waals surface area contributed by atoms with Gasteiger partial charge in [0.2, 0.25) is 0 Å². The van der Waals surface area contributed by atoms with Gasteiger partial charge in [0, 0.05) is 36.1 Å². The number of anilines is 1. The molecular formula is C16H17BrN2. The van der Waals surface area contributed by atoms with Crippen LogP contribution in [0.3, 0.4) is 0 Å². The highest BCUT2D eigenvalue weighted by Crippen LogP contribution is 2.31. The predicted molar refractivity (Wildman–Crippen MR) is 82.9 cm³/mol. The fourth-order valence-corrected chi connectivity index (χ4v) is 3.21. The second kappa shape index (κ2) is 5.74. The van der Waals surface area contributed by atoms with Crippen LogP contribution in [0.15, 0.2) is 48.7 Å². The number of hydrogen-bond acceptors (Lipinski definition) is 2. The molecule has 0 amide bonds. The Bertz CT molecular complexity index is 541. The van der Waals surface area contributed by atoms with Gasteiger partial charge in [0.05, 0.1) is 0 Å². The molecule has 19 heavy (non-hydrogen) atoms. The van der Waals surface area contributed by atoms with E-state index in [1.54, 1.807) is 0 Å². The second-order valence-electron chi connectivity index (χ2n) is 4.96. The molecule has 1 unspecified atom stereocenters. The van der Waals surface area contributed by atoms with Gasteiger partial charge in [-0.3, -0.25) is 0 Å². The van der Waals surface area contributed by atoms with Crippen molar-refractivity contribution in [3.8, 4) is 0 Å². The fourth-order valence-electron chi connectivity index (χ4n) is 2.77. The second-order valence-corrected chi connectivity index (χ2v) is 5.52. The van der Waals surface area contributed by atoms with E-state index in [4.69, 9.17) is 0 Å². The average Bonchev–Trinajstić information content (AvgIpc) is 2.98. The summed E-state index contributed by atoms with van der Waals surface area (Å²) in [5.74, 6) is 1.77. The van der Waals surface area contributed by atoms with Crippen molar-refractivity contribution < 1.29 is 0 Å². The van der Waals surface area contributed by atoms with Crippen LogP contribution in [0.4, 0.5) is 5.82 Å². The molecule has 0 N–H and O–H groups in total. The van der Waals surface area contributed by atoms with Crippen molar-refractivity contribution >= 4 is 21.7 Å². The molecule has 1 aliphatic rings. The van der Waals surface area contributed by atoms with Gasteiger partial charge in [0.15, 0.2) is 0 Å². The zero-order valence-electron chi connectivity index (χ0n) is 10.8. The number of benzene rings is 1. The van der Waals surface area contributed by atoms with Gasteiger partial charge in [-0.1, -0.05) is 52.3 Å². The zero-order valence-corrected chi connectivity index (χ0v) is 12.4. The van der Waals surface area contributed by atoms with Gasteiger partial charge in [-0.2, -0.15) is 0 Å². The van der Waals surface area contributed by atoms with E-state index in [9.17, 15) is 0 Å². The van der Waals surface area contributed by atoms with Gasteiger partial charge in [0.25, 0.3) is 0 Å². The van der Waals surface area contributed by atoms with Crippen molar-refractivity contribution in [3.05, 3.63) is 59.8 Å². The van der Waals surface area contributed by atoms with Crippen LogP contribution >= 0.6 is 15.9 Å². The Kier molecular flexibility index (Phi) is 3.83. The van der Waals surface area contributed by atoms with Gasteiger partial charge in [-0.15, -0.1) is 0 Å². The minimum atomic E-state index is 0.631. The van der Waals surface area contributed by atoms with E-state index in [0.717, 1.165) is 24.2 Å². The van der Waals surface area contributed by atoms with Crippen LogP contribution in [0.25, 0.3) is 0 Å². The lowest BCUT2D eigenvalue weighted by atomic mass is 9.99. The molecule has 1 aliphatic heterocycles. The molecule has 0 radical (unpaired) electrons. The number of alkyl halides is 1. The first kappa shape index (κ1) is 12.7. The lowest BCUT2D eigenvalue weighted by molar-refractivity contribution is 0.774. The van der Waals surface area contributed by atoms with E-state index in [2.05, 4.69) is 62.2 Å². The third kappa shape index (κ3) is 2.66. The van der Waals surface area contributed by atoms with Crippen LogP contribution in [0, 0.1) is 0 Å². The molecule has 1 aromatic carbocycles. The number of halogens is 1. The summed E-state index contributed by atoms with van der Waals surface area (Å²) >= 11 is 3.55. The predicted octanol–water partition coefficient (Wildman–Crippen LogP) is 3.97. The van der Waals surface area contributed by atoms with Crippen LogP contribution in [-0.4, -0.2) is 18.1 Å². The zero-order chi connectivity index (χ0) is 13.1. The Labute approximate surface area is 122 Å². The Balaban J connectivity index is 1.79. The Morgan fingerprint density at radius 1 is 1.16 bits per heavy atom. The highest BCUT2D eigenvalue weighted by molar-refractivity contribution is 9.08. The molecule has 98 valence electrons. The minimum Gasteiger partial charge on any atom is -0.356 e. The summed E-state index contributed by atoms with van der Waals surface area (Å²) in [5, 5.41) is 0.864. The van der Waals surface area contributed by atoms with Crippen molar-refractivity contribution in [2.75, 3.05) is 18.0 Å². The molecule has 1 saturated heterocycles. The van der Waals surface area contributed by atoms with E-state index in [-0.39, 0.29) is 0 Å². The summed E-state index contributed by atoms with van der Waals surface area (Å²) in [7, 11) is 0. The van der Waals surface area contributed by atoms with Crippen LogP contribution in [-0.2, 0) is 5.33 Å². The summed E-state index contributed by atoms with van der Waals surface area (Å²) in [6, 6.07) is 15.0. The first-order valence-electron chi connectivity index (χ1n) is 6.68.